The van der Waals surface area contributed by atoms with Crippen molar-refractivity contribution in [2.45, 2.75) is 24.2 Å². The molecule has 33 heavy (non-hydrogen) atoms. The number of nitrogens with two attached hydrogens (primary N) is 1. The Kier molecular flexibility index (Phi) is 6.95. The summed E-state index contributed by atoms with van der Waals surface area (Å²) in [5, 5.41) is 16.8. The number of pyridine rings is 1. The van der Waals surface area contributed by atoms with Crippen molar-refractivity contribution in [3.8, 4) is 11.3 Å². The van der Waals surface area contributed by atoms with E-state index >= 15 is 0 Å². The van der Waals surface area contributed by atoms with Crippen LogP contribution in [0.4, 0.5) is 5.82 Å². The summed E-state index contributed by atoms with van der Waals surface area (Å²) in [6.45, 7) is 1.98. The number of nitrogens with one attached hydrogen (secondary N) is 1. The highest BCUT2D eigenvalue weighted by Gasteiger charge is 2.25. The van der Waals surface area contributed by atoms with Crippen LogP contribution in [0.25, 0.3) is 11.3 Å². The van der Waals surface area contributed by atoms with Gasteiger partial charge in [-0.1, -0.05) is 12.1 Å². The first-order chi connectivity index (χ1) is 15.9. The molecular weight excluding hydrogens is 440 g/mol. The van der Waals surface area contributed by atoms with Crippen molar-refractivity contribution in [3.63, 3.8) is 0 Å². The molecule has 2 aromatic heterocycles. The molecule has 1 aliphatic rings. The Bertz CT molecular complexity index is 1180. The molecule has 0 aliphatic carbocycles. The first-order valence-corrected chi connectivity index (χ1v) is 12.3. The number of piperidine rings is 1. The maximum absolute atomic E-state index is 12.6. The van der Waals surface area contributed by atoms with Gasteiger partial charge in [0, 0.05) is 43.5 Å². The highest BCUT2D eigenvalue weighted by Crippen LogP contribution is 2.23. The van der Waals surface area contributed by atoms with E-state index in [0.29, 0.717) is 13.0 Å². The van der Waals surface area contributed by atoms with E-state index in [1.165, 1.54) is 12.1 Å². The molecule has 9 nitrogen and oxygen atoms in total. The number of primary sulfonamides is 1. The van der Waals surface area contributed by atoms with Gasteiger partial charge in [-0.25, -0.2) is 13.6 Å². The van der Waals surface area contributed by atoms with Gasteiger partial charge in [-0.2, -0.15) is 0 Å². The molecule has 3 aromatic rings. The number of amides is 1. The van der Waals surface area contributed by atoms with Gasteiger partial charge in [0.1, 0.15) is 0 Å². The second-order valence-corrected chi connectivity index (χ2v) is 9.57. The molecule has 0 spiro atoms. The summed E-state index contributed by atoms with van der Waals surface area (Å²) < 4.78 is 22.6. The zero-order chi connectivity index (χ0) is 23.3. The summed E-state index contributed by atoms with van der Waals surface area (Å²) in [6, 6.07) is 14.1. The van der Waals surface area contributed by atoms with Gasteiger partial charge >= 0.3 is 0 Å². The van der Waals surface area contributed by atoms with Gasteiger partial charge in [-0.05, 0) is 61.2 Å². The molecule has 0 unspecified atom stereocenters. The fraction of sp³-hybridized carbons (Fsp3) is 0.304. The van der Waals surface area contributed by atoms with Gasteiger partial charge in [0.05, 0.1) is 10.6 Å². The minimum atomic E-state index is -3.69. The van der Waals surface area contributed by atoms with Crippen molar-refractivity contribution in [3.05, 3.63) is 66.5 Å². The molecule has 172 valence electrons. The van der Waals surface area contributed by atoms with E-state index in [0.717, 1.165) is 48.6 Å². The third kappa shape index (κ3) is 5.91. The minimum absolute atomic E-state index is 0.0337. The summed E-state index contributed by atoms with van der Waals surface area (Å²) in [5.41, 5.74) is 2.64. The normalized spacial score (nSPS) is 14.8. The lowest BCUT2D eigenvalue weighted by Gasteiger charge is -2.31. The van der Waals surface area contributed by atoms with Crippen LogP contribution in [-0.4, -0.2) is 49.1 Å². The van der Waals surface area contributed by atoms with Gasteiger partial charge in [0.15, 0.2) is 5.82 Å². The first-order valence-electron chi connectivity index (χ1n) is 10.8. The molecule has 3 heterocycles. The Morgan fingerprint density at radius 1 is 1.06 bits per heavy atom. The van der Waals surface area contributed by atoms with Crippen LogP contribution in [0, 0.1) is 5.92 Å². The summed E-state index contributed by atoms with van der Waals surface area (Å²) >= 11 is 0. The fourth-order valence-electron chi connectivity index (χ4n) is 3.85. The molecule has 4 rings (SSSR count). The molecule has 3 N–H and O–H groups in total. The Morgan fingerprint density at radius 3 is 2.42 bits per heavy atom. The highest BCUT2D eigenvalue weighted by atomic mass is 32.2. The van der Waals surface area contributed by atoms with E-state index in [1.54, 1.807) is 24.5 Å². The van der Waals surface area contributed by atoms with Gasteiger partial charge < -0.3 is 10.2 Å². The number of carbonyl (C=O) groups is 1. The van der Waals surface area contributed by atoms with Gasteiger partial charge in [0.2, 0.25) is 15.9 Å². The molecule has 0 atom stereocenters. The number of aromatic nitrogens is 3. The van der Waals surface area contributed by atoms with Crippen molar-refractivity contribution >= 4 is 21.7 Å². The van der Waals surface area contributed by atoms with E-state index < -0.39 is 10.0 Å². The predicted octanol–water partition coefficient (Wildman–Crippen LogP) is 1.76. The lowest BCUT2D eigenvalue weighted by Crippen LogP contribution is -2.41. The van der Waals surface area contributed by atoms with E-state index in [9.17, 15) is 13.2 Å². The van der Waals surface area contributed by atoms with Gasteiger partial charge in [-0.15, -0.1) is 10.2 Å². The molecule has 10 heteroatoms. The number of sulfonamides is 1. The largest absolute Gasteiger partial charge is 0.356 e. The van der Waals surface area contributed by atoms with Crippen LogP contribution in [0.2, 0.25) is 0 Å². The average molecular weight is 467 g/mol. The molecule has 0 saturated carbocycles. The zero-order valence-corrected chi connectivity index (χ0v) is 18.9. The lowest BCUT2D eigenvalue weighted by atomic mass is 9.96. The summed E-state index contributed by atoms with van der Waals surface area (Å²) in [5.74, 6) is 0.826. The number of hydrogen-bond donors (Lipinski definition) is 2. The third-order valence-electron chi connectivity index (χ3n) is 5.76. The fourth-order valence-corrected chi connectivity index (χ4v) is 4.37. The average Bonchev–Trinajstić information content (AvgIpc) is 2.84. The Morgan fingerprint density at radius 2 is 1.82 bits per heavy atom. The zero-order valence-electron chi connectivity index (χ0n) is 18.1. The van der Waals surface area contributed by atoms with Gasteiger partial charge in [0.25, 0.3) is 0 Å². The molecule has 1 aromatic carbocycles. The number of rotatable bonds is 7. The van der Waals surface area contributed by atoms with E-state index in [4.69, 9.17) is 5.14 Å². The van der Waals surface area contributed by atoms with Gasteiger partial charge in [-0.3, -0.25) is 9.78 Å². The SMILES string of the molecule is NS(=O)(=O)c1ccc(CCNC(=O)C2CCN(c3ccc(-c4cccnc4)nn3)CC2)cc1. The van der Waals surface area contributed by atoms with Crippen LogP contribution in [0.15, 0.2) is 65.8 Å². The number of carbonyl (C=O) groups excluding carboxylic acids is 1. The minimum Gasteiger partial charge on any atom is -0.356 e. The number of nitrogens with zero attached hydrogens (tertiary/aromatic N) is 4. The second kappa shape index (κ2) is 10.1. The Labute approximate surface area is 193 Å². The number of benzene rings is 1. The van der Waals surface area contributed by atoms with Crippen molar-refractivity contribution in [1.82, 2.24) is 20.5 Å². The van der Waals surface area contributed by atoms with Crippen molar-refractivity contribution in [1.29, 1.82) is 0 Å². The van der Waals surface area contributed by atoms with E-state index in [2.05, 4.69) is 25.4 Å². The molecular formula is C23H26N6O3S. The summed E-state index contributed by atoms with van der Waals surface area (Å²) in [4.78, 5) is 18.9. The van der Waals surface area contributed by atoms with E-state index in [-0.39, 0.29) is 16.7 Å². The van der Waals surface area contributed by atoms with E-state index in [1.807, 2.05) is 24.3 Å². The Balaban J connectivity index is 1.23. The highest BCUT2D eigenvalue weighted by molar-refractivity contribution is 7.89. The summed E-state index contributed by atoms with van der Waals surface area (Å²) in [6.07, 6.45) is 5.60. The second-order valence-electron chi connectivity index (χ2n) is 8.01. The molecule has 0 bridgehead atoms. The first kappa shape index (κ1) is 22.8. The standard InChI is InChI=1S/C23H26N6O3S/c24-33(31,32)20-5-3-17(4-6-20)9-13-26-23(30)18-10-14-29(15-11-18)22-8-7-21(27-28-22)19-2-1-12-25-16-19/h1-8,12,16,18H,9-11,13-15H2,(H,26,30)(H2,24,31,32). The lowest BCUT2D eigenvalue weighted by molar-refractivity contribution is -0.125. The summed E-state index contributed by atoms with van der Waals surface area (Å²) in [7, 11) is -3.69. The maximum atomic E-state index is 12.6. The topological polar surface area (TPSA) is 131 Å². The maximum Gasteiger partial charge on any atom is 0.238 e. The number of anilines is 1. The van der Waals surface area contributed by atoms with Crippen molar-refractivity contribution in [2.24, 2.45) is 11.1 Å². The third-order valence-corrected chi connectivity index (χ3v) is 6.69. The quantitative estimate of drug-likeness (QED) is 0.542. The van der Waals surface area contributed by atoms with Crippen LogP contribution in [0.3, 0.4) is 0 Å². The molecule has 1 fully saturated rings. The van der Waals surface area contributed by atoms with Crippen LogP contribution >= 0.6 is 0 Å². The molecule has 1 saturated heterocycles. The van der Waals surface area contributed by atoms with Crippen LogP contribution in [0.1, 0.15) is 18.4 Å². The monoisotopic (exact) mass is 466 g/mol. The number of hydrogen-bond acceptors (Lipinski definition) is 7. The molecule has 1 amide bonds. The van der Waals surface area contributed by atoms with Crippen LogP contribution in [-0.2, 0) is 21.2 Å². The molecule has 1 aliphatic heterocycles. The molecule has 0 radical (unpaired) electrons. The van der Waals surface area contributed by atoms with Crippen LogP contribution < -0.4 is 15.4 Å². The van der Waals surface area contributed by atoms with Crippen LogP contribution in [0.5, 0.6) is 0 Å². The van der Waals surface area contributed by atoms with Crippen molar-refractivity contribution in [2.75, 3.05) is 24.5 Å². The Hall–Kier alpha value is -3.37. The smallest absolute Gasteiger partial charge is 0.238 e. The predicted molar refractivity (Wildman–Crippen MR) is 125 cm³/mol. The van der Waals surface area contributed by atoms with Crippen molar-refractivity contribution < 1.29 is 13.2 Å².